The SMILES string of the molecule is CCC(C)(Oc1ccc(OC/C=C/c2ccc(OS(C)(=O)=O)cc2)cc1)C(=O)O. The molecule has 0 saturated heterocycles. The molecule has 0 aliphatic carbocycles. The second-order valence-corrected chi connectivity index (χ2v) is 8.11. The fourth-order valence-electron chi connectivity index (χ4n) is 2.27. The Morgan fingerprint density at radius 2 is 1.59 bits per heavy atom. The highest BCUT2D eigenvalue weighted by atomic mass is 32.2. The first-order chi connectivity index (χ1) is 13.6. The van der Waals surface area contributed by atoms with Crippen LogP contribution in [0.4, 0.5) is 0 Å². The molecule has 1 unspecified atom stereocenters. The number of carboxylic acid groups (broad SMARTS) is 1. The molecule has 0 aliphatic heterocycles. The fourth-order valence-corrected chi connectivity index (χ4v) is 2.73. The molecule has 1 N–H and O–H groups in total. The number of hydrogen-bond acceptors (Lipinski definition) is 6. The maximum Gasteiger partial charge on any atom is 0.347 e. The van der Waals surface area contributed by atoms with E-state index in [2.05, 4.69) is 0 Å². The highest BCUT2D eigenvalue weighted by molar-refractivity contribution is 7.86. The molecule has 8 heteroatoms. The van der Waals surface area contributed by atoms with Crippen molar-refractivity contribution in [2.75, 3.05) is 12.9 Å². The molecule has 2 aromatic carbocycles. The second-order valence-electron chi connectivity index (χ2n) is 6.53. The summed E-state index contributed by atoms with van der Waals surface area (Å²) in [7, 11) is -3.54. The van der Waals surface area contributed by atoms with Crippen LogP contribution < -0.4 is 13.7 Å². The van der Waals surface area contributed by atoms with Gasteiger partial charge in [0.1, 0.15) is 23.9 Å². The zero-order valence-corrected chi connectivity index (χ0v) is 17.3. The second kappa shape index (κ2) is 9.47. The lowest BCUT2D eigenvalue weighted by molar-refractivity contribution is -0.154. The number of aliphatic carboxylic acids is 1. The number of benzene rings is 2. The molecule has 0 heterocycles. The lowest BCUT2D eigenvalue weighted by Gasteiger charge is -2.24. The molecule has 7 nitrogen and oxygen atoms in total. The van der Waals surface area contributed by atoms with E-state index in [4.69, 9.17) is 13.7 Å². The molecule has 2 aromatic rings. The Balaban J connectivity index is 1.86. The molecule has 0 fully saturated rings. The fraction of sp³-hybridized carbons (Fsp3) is 0.286. The van der Waals surface area contributed by atoms with Crippen LogP contribution in [0.2, 0.25) is 0 Å². The van der Waals surface area contributed by atoms with E-state index in [-0.39, 0.29) is 5.75 Å². The number of hydrogen-bond donors (Lipinski definition) is 1. The highest BCUT2D eigenvalue weighted by Crippen LogP contribution is 2.24. The van der Waals surface area contributed by atoms with Crippen molar-refractivity contribution in [2.24, 2.45) is 0 Å². The Labute approximate surface area is 170 Å². The maximum absolute atomic E-state index is 11.3. The molecular formula is C21H24O7S. The number of rotatable bonds is 10. The third-order valence-corrected chi connectivity index (χ3v) is 4.57. The van der Waals surface area contributed by atoms with Crippen molar-refractivity contribution >= 4 is 22.2 Å². The minimum absolute atomic E-state index is 0.255. The minimum Gasteiger partial charge on any atom is -0.490 e. The van der Waals surface area contributed by atoms with Crippen molar-refractivity contribution in [2.45, 2.75) is 25.9 Å². The first-order valence-electron chi connectivity index (χ1n) is 8.92. The van der Waals surface area contributed by atoms with Gasteiger partial charge in [0.2, 0.25) is 5.60 Å². The molecule has 0 bridgehead atoms. The summed E-state index contributed by atoms with van der Waals surface area (Å²) in [6, 6.07) is 13.3. The smallest absolute Gasteiger partial charge is 0.347 e. The lowest BCUT2D eigenvalue weighted by atomic mass is 10.0. The molecule has 156 valence electrons. The van der Waals surface area contributed by atoms with Gasteiger partial charge in [-0.2, -0.15) is 8.42 Å². The Morgan fingerprint density at radius 1 is 1.03 bits per heavy atom. The van der Waals surface area contributed by atoms with Gasteiger partial charge in [0.15, 0.2) is 0 Å². The van der Waals surface area contributed by atoms with E-state index in [1.165, 1.54) is 6.92 Å². The summed E-state index contributed by atoms with van der Waals surface area (Å²) in [6.07, 6.45) is 4.98. The zero-order valence-electron chi connectivity index (χ0n) is 16.5. The van der Waals surface area contributed by atoms with Crippen LogP contribution >= 0.6 is 0 Å². The molecule has 0 spiro atoms. The van der Waals surface area contributed by atoms with E-state index >= 15 is 0 Å². The van der Waals surface area contributed by atoms with Gasteiger partial charge < -0.3 is 18.8 Å². The number of ether oxygens (including phenoxy) is 2. The zero-order chi connectivity index (χ0) is 21.5. The third kappa shape index (κ3) is 7.15. The Bertz CT molecular complexity index is 948. The van der Waals surface area contributed by atoms with E-state index in [9.17, 15) is 18.3 Å². The van der Waals surface area contributed by atoms with Crippen molar-refractivity contribution < 1.29 is 32.0 Å². The molecule has 0 aliphatic rings. The predicted octanol–water partition coefficient (Wildman–Crippen LogP) is 3.75. The average Bonchev–Trinajstić information content (AvgIpc) is 2.66. The molecule has 0 aromatic heterocycles. The quantitative estimate of drug-likeness (QED) is 0.584. The van der Waals surface area contributed by atoms with Crippen LogP contribution in [0.15, 0.2) is 54.6 Å². The van der Waals surface area contributed by atoms with Gasteiger partial charge in [-0.3, -0.25) is 0 Å². The summed E-state index contributed by atoms with van der Waals surface area (Å²) in [5.74, 6) is 0.315. The van der Waals surface area contributed by atoms with Crippen LogP contribution in [-0.2, 0) is 14.9 Å². The molecule has 0 radical (unpaired) electrons. The topological polar surface area (TPSA) is 99.1 Å². The van der Waals surface area contributed by atoms with Crippen molar-refractivity contribution in [3.8, 4) is 17.2 Å². The van der Waals surface area contributed by atoms with Gasteiger partial charge in [0, 0.05) is 0 Å². The summed E-state index contributed by atoms with van der Waals surface area (Å²) < 4.78 is 38.1. The first kappa shape index (κ1) is 22.3. The Kier molecular flexibility index (Phi) is 7.28. The van der Waals surface area contributed by atoms with Gasteiger partial charge in [0.25, 0.3) is 0 Å². The van der Waals surface area contributed by atoms with E-state index in [1.54, 1.807) is 55.5 Å². The summed E-state index contributed by atoms with van der Waals surface area (Å²) in [4.78, 5) is 11.3. The third-order valence-electron chi connectivity index (χ3n) is 4.08. The van der Waals surface area contributed by atoms with E-state index in [0.717, 1.165) is 11.8 Å². The number of carbonyl (C=O) groups is 1. The van der Waals surface area contributed by atoms with Crippen molar-refractivity contribution in [3.63, 3.8) is 0 Å². The van der Waals surface area contributed by atoms with Crippen LogP contribution in [0.5, 0.6) is 17.2 Å². The van der Waals surface area contributed by atoms with Crippen molar-refractivity contribution in [1.29, 1.82) is 0 Å². The van der Waals surface area contributed by atoms with Gasteiger partial charge in [-0.1, -0.05) is 25.1 Å². The van der Waals surface area contributed by atoms with Gasteiger partial charge in [0.05, 0.1) is 6.26 Å². The van der Waals surface area contributed by atoms with Gasteiger partial charge in [-0.05, 0) is 61.4 Å². The van der Waals surface area contributed by atoms with Crippen LogP contribution in [-0.4, -0.2) is 38.0 Å². The maximum atomic E-state index is 11.3. The molecule has 29 heavy (non-hydrogen) atoms. The minimum atomic E-state index is -3.54. The van der Waals surface area contributed by atoms with Crippen LogP contribution in [0.3, 0.4) is 0 Å². The van der Waals surface area contributed by atoms with Crippen LogP contribution in [0.1, 0.15) is 25.8 Å². The van der Waals surface area contributed by atoms with E-state index in [1.807, 2.05) is 12.2 Å². The lowest BCUT2D eigenvalue weighted by Crippen LogP contribution is -2.40. The summed E-state index contributed by atoms with van der Waals surface area (Å²) in [5, 5.41) is 9.26. The standard InChI is InChI=1S/C21H24O7S/c1-4-21(2,20(22)23)27-18-13-11-17(12-14-18)26-15-5-6-16-7-9-19(10-8-16)28-29(3,24)25/h5-14H,4,15H2,1-3H3,(H,22,23)/b6-5+. The molecular weight excluding hydrogens is 396 g/mol. The van der Waals surface area contributed by atoms with Gasteiger partial charge in [-0.25, -0.2) is 4.79 Å². The average molecular weight is 420 g/mol. The van der Waals surface area contributed by atoms with E-state index < -0.39 is 21.7 Å². The molecule has 2 rings (SSSR count). The summed E-state index contributed by atoms with van der Waals surface area (Å²) in [6.45, 7) is 3.61. The van der Waals surface area contributed by atoms with Crippen LogP contribution in [0.25, 0.3) is 6.08 Å². The highest BCUT2D eigenvalue weighted by Gasteiger charge is 2.33. The Hall–Kier alpha value is -3.00. The normalized spacial score (nSPS) is 13.6. The number of carboxylic acids is 1. The molecule has 0 amide bonds. The van der Waals surface area contributed by atoms with Gasteiger partial charge >= 0.3 is 16.1 Å². The Morgan fingerprint density at radius 3 is 2.10 bits per heavy atom. The van der Waals surface area contributed by atoms with E-state index in [0.29, 0.717) is 24.5 Å². The van der Waals surface area contributed by atoms with Gasteiger partial charge in [-0.15, -0.1) is 0 Å². The predicted molar refractivity (Wildman–Crippen MR) is 110 cm³/mol. The largest absolute Gasteiger partial charge is 0.490 e. The van der Waals surface area contributed by atoms with Crippen molar-refractivity contribution in [3.05, 3.63) is 60.2 Å². The van der Waals surface area contributed by atoms with Crippen LogP contribution in [0, 0.1) is 0 Å². The summed E-state index contributed by atoms with van der Waals surface area (Å²) in [5.41, 5.74) is -0.404. The monoisotopic (exact) mass is 420 g/mol. The first-order valence-corrected chi connectivity index (χ1v) is 10.7. The summed E-state index contributed by atoms with van der Waals surface area (Å²) >= 11 is 0. The molecule has 1 atom stereocenters. The molecule has 0 saturated carbocycles. The van der Waals surface area contributed by atoms with Crippen molar-refractivity contribution in [1.82, 2.24) is 0 Å².